The summed E-state index contributed by atoms with van der Waals surface area (Å²) in [6.07, 6.45) is -3.95. The number of thioether (sulfide) groups is 1. The summed E-state index contributed by atoms with van der Waals surface area (Å²) in [6, 6.07) is 16.1. The maximum atomic E-state index is 12.9. The van der Waals surface area contributed by atoms with Gasteiger partial charge in [-0.2, -0.15) is 22.8 Å². The van der Waals surface area contributed by atoms with Crippen LogP contribution in [0, 0.1) is 6.92 Å². The Labute approximate surface area is 192 Å². The second-order valence-electron chi connectivity index (χ2n) is 7.42. The molecule has 0 bridgehead atoms. The molecule has 0 fully saturated rings. The number of hydrogen-bond acceptors (Lipinski definition) is 5. The predicted octanol–water partition coefficient (Wildman–Crippen LogP) is 4.72. The number of nitrogens with zero attached hydrogens (tertiary/aromatic N) is 4. The number of benzene rings is 2. The number of rotatable bonds is 7. The van der Waals surface area contributed by atoms with Crippen LogP contribution < -0.4 is 5.32 Å². The monoisotopic (exact) mass is 471 g/mol. The second-order valence-corrected chi connectivity index (χ2v) is 8.41. The van der Waals surface area contributed by atoms with E-state index in [4.69, 9.17) is 0 Å². The highest BCUT2D eigenvalue weighted by Gasteiger charge is 2.30. The van der Waals surface area contributed by atoms with Crippen molar-refractivity contribution in [1.82, 2.24) is 25.1 Å². The van der Waals surface area contributed by atoms with Gasteiger partial charge in [-0.05, 0) is 42.8 Å². The van der Waals surface area contributed by atoms with E-state index >= 15 is 0 Å². The molecule has 0 aliphatic rings. The minimum Gasteiger partial charge on any atom is -0.352 e. The summed E-state index contributed by atoms with van der Waals surface area (Å²) < 4.78 is 40.3. The molecule has 0 radical (unpaired) electrons. The van der Waals surface area contributed by atoms with E-state index in [2.05, 4.69) is 20.6 Å². The van der Waals surface area contributed by atoms with Crippen LogP contribution in [-0.4, -0.2) is 32.3 Å². The number of amides is 1. The number of carbonyl (C=O) groups is 1. The van der Waals surface area contributed by atoms with Crippen molar-refractivity contribution in [2.24, 2.45) is 0 Å². The topological polar surface area (TPSA) is 72.2 Å². The minimum atomic E-state index is -4.37. The molecule has 0 atom stereocenters. The van der Waals surface area contributed by atoms with Crippen molar-refractivity contribution in [2.45, 2.75) is 30.3 Å². The average molecular weight is 472 g/mol. The first kappa shape index (κ1) is 22.8. The number of halogens is 3. The number of fused-ring (bicyclic) bond motifs is 1. The van der Waals surface area contributed by atoms with Crippen molar-refractivity contribution in [3.8, 4) is 0 Å². The van der Waals surface area contributed by atoms with E-state index in [1.165, 1.54) is 17.8 Å². The van der Waals surface area contributed by atoms with E-state index in [-0.39, 0.29) is 5.91 Å². The third-order valence-electron chi connectivity index (χ3n) is 4.89. The van der Waals surface area contributed by atoms with Crippen LogP contribution in [0.2, 0.25) is 0 Å². The first-order valence-electron chi connectivity index (χ1n) is 10.1. The highest BCUT2D eigenvalue weighted by Crippen LogP contribution is 2.31. The summed E-state index contributed by atoms with van der Waals surface area (Å²) in [5, 5.41) is 16.2. The fourth-order valence-corrected chi connectivity index (χ4v) is 3.94. The molecule has 0 aliphatic carbocycles. The molecule has 170 valence electrons. The Morgan fingerprint density at radius 2 is 1.85 bits per heavy atom. The van der Waals surface area contributed by atoms with Crippen molar-refractivity contribution in [2.75, 3.05) is 6.54 Å². The molecule has 10 heteroatoms. The van der Waals surface area contributed by atoms with Crippen molar-refractivity contribution in [3.63, 3.8) is 0 Å². The maximum Gasteiger partial charge on any atom is 0.416 e. The van der Waals surface area contributed by atoms with Gasteiger partial charge in [0, 0.05) is 24.3 Å². The Kier molecular flexibility index (Phi) is 6.64. The molecule has 6 nitrogen and oxygen atoms in total. The van der Waals surface area contributed by atoms with Crippen LogP contribution in [-0.2, 0) is 18.3 Å². The Morgan fingerprint density at radius 1 is 1.06 bits per heavy atom. The van der Waals surface area contributed by atoms with E-state index in [9.17, 15) is 18.0 Å². The van der Waals surface area contributed by atoms with Gasteiger partial charge in [0.1, 0.15) is 5.03 Å². The Balaban J connectivity index is 1.39. The van der Waals surface area contributed by atoms with Crippen LogP contribution in [0.15, 0.2) is 65.7 Å². The zero-order valence-electron chi connectivity index (χ0n) is 17.6. The van der Waals surface area contributed by atoms with Crippen LogP contribution in [0.4, 0.5) is 13.2 Å². The van der Waals surface area contributed by atoms with Gasteiger partial charge in [0.05, 0.1) is 5.56 Å². The zero-order chi connectivity index (χ0) is 23.4. The second kappa shape index (κ2) is 9.62. The van der Waals surface area contributed by atoms with Crippen molar-refractivity contribution >= 4 is 23.3 Å². The number of carbonyl (C=O) groups excluding carboxylic acids is 1. The van der Waals surface area contributed by atoms with Crippen LogP contribution in [0.5, 0.6) is 0 Å². The fraction of sp³-hybridized carbons (Fsp3) is 0.217. The summed E-state index contributed by atoms with van der Waals surface area (Å²) >= 11 is 1.32. The summed E-state index contributed by atoms with van der Waals surface area (Å²) in [5.74, 6) is 0.747. The van der Waals surface area contributed by atoms with Crippen molar-refractivity contribution < 1.29 is 18.0 Å². The van der Waals surface area contributed by atoms with Gasteiger partial charge < -0.3 is 5.32 Å². The lowest BCUT2D eigenvalue weighted by molar-refractivity contribution is -0.137. The Morgan fingerprint density at radius 3 is 2.61 bits per heavy atom. The fourth-order valence-electron chi connectivity index (χ4n) is 3.14. The molecule has 2 heterocycles. The molecule has 4 rings (SSSR count). The molecule has 0 saturated carbocycles. The van der Waals surface area contributed by atoms with E-state index in [1.54, 1.807) is 34.8 Å². The summed E-state index contributed by atoms with van der Waals surface area (Å²) in [5.41, 5.74) is 2.10. The molecule has 0 saturated heterocycles. The molecule has 1 N–H and O–H groups in total. The molecular weight excluding hydrogens is 451 g/mol. The summed E-state index contributed by atoms with van der Waals surface area (Å²) in [4.78, 5) is 12.3. The van der Waals surface area contributed by atoms with E-state index in [1.807, 2.05) is 19.1 Å². The van der Waals surface area contributed by atoms with E-state index in [0.29, 0.717) is 46.3 Å². The lowest BCUT2D eigenvalue weighted by atomic mass is 10.1. The van der Waals surface area contributed by atoms with Crippen LogP contribution in [0.1, 0.15) is 32.9 Å². The predicted molar refractivity (Wildman–Crippen MR) is 119 cm³/mol. The van der Waals surface area contributed by atoms with E-state index < -0.39 is 11.7 Å². The van der Waals surface area contributed by atoms with Crippen LogP contribution in [0.25, 0.3) is 5.65 Å². The summed E-state index contributed by atoms with van der Waals surface area (Å²) in [7, 11) is 0. The van der Waals surface area contributed by atoms with Gasteiger partial charge in [-0.3, -0.25) is 4.79 Å². The molecule has 0 spiro atoms. The summed E-state index contributed by atoms with van der Waals surface area (Å²) in [6.45, 7) is 2.31. The highest BCUT2D eigenvalue weighted by molar-refractivity contribution is 7.98. The van der Waals surface area contributed by atoms with Crippen molar-refractivity contribution in [3.05, 3.63) is 88.7 Å². The molecule has 2 aromatic heterocycles. The average Bonchev–Trinajstić information content (AvgIpc) is 3.20. The number of alkyl halides is 3. The zero-order valence-corrected chi connectivity index (χ0v) is 18.5. The lowest BCUT2D eigenvalue weighted by Gasteiger charge is -2.08. The third-order valence-corrected chi connectivity index (χ3v) is 5.88. The third kappa shape index (κ3) is 5.70. The van der Waals surface area contributed by atoms with Crippen molar-refractivity contribution in [1.29, 1.82) is 0 Å². The van der Waals surface area contributed by atoms with Gasteiger partial charge in [0.2, 0.25) is 0 Å². The first-order valence-corrected chi connectivity index (χ1v) is 11.1. The smallest absolute Gasteiger partial charge is 0.352 e. The SMILES string of the molecule is Cc1ccc(C(=O)NCCc2nnc3ccc(SCc4cccc(C(F)(F)F)c4)nn23)cc1. The number of nitrogens with one attached hydrogen (secondary N) is 1. The number of aryl methyl sites for hydroxylation is 1. The lowest BCUT2D eigenvalue weighted by Crippen LogP contribution is -2.26. The molecule has 1 amide bonds. The van der Waals surface area contributed by atoms with Gasteiger partial charge in [-0.15, -0.1) is 10.2 Å². The van der Waals surface area contributed by atoms with Crippen LogP contribution in [0.3, 0.4) is 0 Å². The standard InChI is InChI=1S/C23H20F3N5OS/c1-15-5-7-17(8-6-15)22(32)27-12-11-20-29-28-19-9-10-21(30-31(19)20)33-14-16-3-2-4-18(13-16)23(24,25)26/h2-10,13H,11-12,14H2,1H3,(H,27,32). The van der Waals surface area contributed by atoms with Gasteiger partial charge in [-0.1, -0.05) is 47.7 Å². The Bertz CT molecular complexity index is 1270. The molecule has 0 aliphatic heterocycles. The van der Waals surface area contributed by atoms with E-state index in [0.717, 1.165) is 17.7 Å². The molecule has 33 heavy (non-hydrogen) atoms. The minimum absolute atomic E-state index is 0.172. The Hall–Kier alpha value is -3.40. The van der Waals surface area contributed by atoms with Crippen LogP contribution >= 0.6 is 11.8 Å². The maximum absolute atomic E-state index is 12.9. The van der Waals surface area contributed by atoms with Gasteiger partial charge in [0.25, 0.3) is 5.91 Å². The van der Waals surface area contributed by atoms with Gasteiger partial charge in [0.15, 0.2) is 11.5 Å². The molecule has 0 unspecified atom stereocenters. The van der Waals surface area contributed by atoms with Gasteiger partial charge in [-0.25, -0.2) is 0 Å². The number of aromatic nitrogens is 4. The normalized spacial score (nSPS) is 11.6. The molecule has 4 aromatic rings. The largest absolute Gasteiger partial charge is 0.416 e. The number of hydrogen-bond donors (Lipinski definition) is 1. The molecular formula is C23H20F3N5OS. The molecule has 2 aromatic carbocycles. The first-order chi connectivity index (χ1) is 15.8. The van der Waals surface area contributed by atoms with Gasteiger partial charge >= 0.3 is 6.18 Å². The quantitative estimate of drug-likeness (QED) is 0.395. The highest BCUT2D eigenvalue weighted by atomic mass is 32.2.